The molecule has 0 aliphatic carbocycles. The highest BCUT2D eigenvalue weighted by Crippen LogP contribution is 2.31. The van der Waals surface area contributed by atoms with Crippen LogP contribution in [0, 0.1) is 0 Å². The van der Waals surface area contributed by atoms with E-state index in [1.165, 1.54) is 23.5 Å². The summed E-state index contributed by atoms with van der Waals surface area (Å²) in [4.78, 5) is 26.5. The fourth-order valence-electron chi connectivity index (χ4n) is 2.42. The molecule has 25 heavy (non-hydrogen) atoms. The maximum atomic E-state index is 11.0. The first-order valence-electron chi connectivity index (χ1n) is 7.64. The van der Waals surface area contributed by atoms with E-state index < -0.39 is 11.9 Å². The second-order valence-electron chi connectivity index (χ2n) is 5.48. The number of para-hydroxylation sites is 1. The van der Waals surface area contributed by atoms with E-state index in [1.807, 2.05) is 30.3 Å². The maximum absolute atomic E-state index is 11.0. The number of thiazole rings is 1. The van der Waals surface area contributed by atoms with Gasteiger partial charge in [-0.1, -0.05) is 24.3 Å². The fraction of sp³-hybridized carbons (Fsp3) is 0.105. The number of carbonyl (C=O) groups is 2. The molecule has 5 nitrogen and oxygen atoms in total. The Morgan fingerprint density at radius 1 is 1.00 bits per heavy atom. The first-order valence-corrected chi connectivity index (χ1v) is 8.46. The van der Waals surface area contributed by atoms with Crippen molar-refractivity contribution < 1.29 is 19.8 Å². The molecule has 0 saturated carbocycles. The van der Waals surface area contributed by atoms with Gasteiger partial charge in [0.1, 0.15) is 5.01 Å². The molecule has 126 valence electrons. The summed E-state index contributed by atoms with van der Waals surface area (Å²) < 4.78 is 1.04. The summed E-state index contributed by atoms with van der Waals surface area (Å²) in [5.74, 6) is -1.85. The van der Waals surface area contributed by atoms with E-state index in [2.05, 4.69) is 4.98 Å². The van der Waals surface area contributed by atoms with Crippen molar-refractivity contribution in [2.24, 2.45) is 0 Å². The van der Waals surface area contributed by atoms with Gasteiger partial charge in [-0.3, -0.25) is 4.79 Å². The Bertz CT molecular complexity index is 924. The third-order valence-electron chi connectivity index (χ3n) is 3.68. The van der Waals surface area contributed by atoms with E-state index in [9.17, 15) is 9.59 Å². The molecular weight excluding hydrogens is 338 g/mol. The zero-order valence-electron chi connectivity index (χ0n) is 13.2. The zero-order valence-corrected chi connectivity index (χ0v) is 14.0. The average molecular weight is 353 g/mol. The normalized spacial score (nSPS) is 11.6. The third kappa shape index (κ3) is 4.10. The van der Waals surface area contributed by atoms with Crippen LogP contribution in [0.15, 0.2) is 48.5 Å². The zero-order chi connectivity index (χ0) is 17.8. The molecule has 0 bridgehead atoms. The van der Waals surface area contributed by atoms with Crippen molar-refractivity contribution in [1.29, 1.82) is 0 Å². The van der Waals surface area contributed by atoms with Crippen LogP contribution in [0.1, 0.15) is 33.8 Å². The Morgan fingerprint density at radius 3 is 2.36 bits per heavy atom. The van der Waals surface area contributed by atoms with E-state index >= 15 is 0 Å². The number of carboxylic acids is 2. The summed E-state index contributed by atoms with van der Waals surface area (Å²) in [6.45, 7) is 0. The number of aromatic nitrogens is 1. The van der Waals surface area contributed by atoms with Gasteiger partial charge < -0.3 is 10.2 Å². The lowest BCUT2D eigenvalue weighted by molar-refractivity contribution is -0.136. The van der Waals surface area contributed by atoms with Gasteiger partial charge in [0.25, 0.3) is 0 Å². The second kappa shape index (κ2) is 7.27. The number of carboxylic acid groups (broad SMARTS) is 2. The summed E-state index contributed by atoms with van der Waals surface area (Å²) in [5, 5.41) is 18.8. The number of benzene rings is 2. The number of rotatable bonds is 6. The molecule has 0 saturated heterocycles. The van der Waals surface area contributed by atoms with Crippen LogP contribution in [0.25, 0.3) is 21.9 Å². The minimum Gasteiger partial charge on any atom is -0.481 e. The van der Waals surface area contributed by atoms with Crippen LogP contribution in [0.5, 0.6) is 0 Å². The van der Waals surface area contributed by atoms with Crippen molar-refractivity contribution in [3.8, 4) is 0 Å². The maximum Gasteiger partial charge on any atom is 0.335 e. The standard InChI is InChI=1S/C19H15NO4S/c21-17(22)10-9-14(11-12-5-7-13(8-6-12)19(23)24)18-20-15-3-1-2-4-16(15)25-18/h1-8,11H,9-10H2,(H,21,22)(H,23,24)/b14-11+. The molecule has 2 aromatic carbocycles. The van der Waals surface area contributed by atoms with Crippen LogP contribution in [0.3, 0.4) is 0 Å². The van der Waals surface area contributed by atoms with Gasteiger partial charge in [-0.15, -0.1) is 11.3 Å². The van der Waals surface area contributed by atoms with Crippen LogP contribution >= 0.6 is 11.3 Å². The summed E-state index contributed by atoms with van der Waals surface area (Å²) in [5.41, 5.74) is 2.73. The van der Waals surface area contributed by atoms with Gasteiger partial charge in [-0.05, 0) is 47.9 Å². The summed E-state index contributed by atoms with van der Waals surface area (Å²) in [7, 11) is 0. The van der Waals surface area contributed by atoms with E-state index in [0.717, 1.165) is 26.4 Å². The quantitative estimate of drug-likeness (QED) is 0.686. The minimum atomic E-state index is -0.979. The molecule has 1 heterocycles. The highest BCUT2D eigenvalue weighted by atomic mass is 32.1. The number of aromatic carboxylic acids is 1. The van der Waals surface area contributed by atoms with E-state index in [4.69, 9.17) is 10.2 Å². The first-order chi connectivity index (χ1) is 12.0. The molecule has 0 radical (unpaired) electrons. The van der Waals surface area contributed by atoms with Crippen LogP contribution < -0.4 is 0 Å². The second-order valence-corrected chi connectivity index (χ2v) is 6.51. The Balaban J connectivity index is 1.98. The van der Waals surface area contributed by atoms with Gasteiger partial charge in [0.2, 0.25) is 0 Å². The van der Waals surface area contributed by atoms with Crippen LogP contribution in [-0.4, -0.2) is 27.1 Å². The number of nitrogens with zero attached hydrogens (tertiary/aromatic N) is 1. The molecule has 0 amide bonds. The average Bonchev–Trinajstić information content (AvgIpc) is 3.02. The van der Waals surface area contributed by atoms with Crippen molar-refractivity contribution in [1.82, 2.24) is 4.98 Å². The van der Waals surface area contributed by atoms with Crippen molar-refractivity contribution in [2.75, 3.05) is 0 Å². The lowest BCUT2D eigenvalue weighted by atomic mass is 10.1. The van der Waals surface area contributed by atoms with Crippen molar-refractivity contribution in [2.45, 2.75) is 12.8 Å². The Hall–Kier alpha value is -2.99. The van der Waals surface area contributed by atoms with Crippen LogP contribution in [0.4, 0.5) is 0 Å². The topological polar surface area (TPSA) is 87.5 Å². The molecule has 0 atom stereocenters. The van der Waals surface area contributed by atoms with E-state index in [1.54, 1.807) is 12.1 Å². The smallest absolute Gasteiger partial charge is 0.335 e. The summed E-state index contributed by atoms with van der Waals surface area (Å²) in [6.07, 6.45) is 2.23. The largest absolute Gasteiger partial charge is 0.481 e. The SMILES string of the molecule is O=C(O)CC/C(=C\c1ccc(C(=O)O)cc1)c1nc2ccccc2s1. The number of hydrogen-bond acceptors (Lipinski definition) is 4. The lowest BCUT2D eigenvalue weighted by Crippen LogP contribution is -1.96. The minimum absolute atomic E-state index is 0.00890. The predicted octanol–water partition coefficient (Wildman–Crippen LogP) is 4.40. The van der Waals surface area contributed by atoms with Crippen LogP contribution in [-0.2, 0) is 4.79 Å². The molecule has 0 unspecified atom stereocenters. The third-order valence-corrected chi connectivity index (χ3v) is 4.79. The first kappa shape index (κ1) is 16.9. The molecule has 0 aliphatic heterocycles. The molecular formula is C19H15NO4S. The van der Waals surface area contributed by atoms with Gasteiger partial charge in [0.15, 0.2) is 0 Å². The molecule has 1 aromatic heterocycles. The fourth-order valence-corrected chi connectivity index (χ4v) is 3.42. The number of aliphatic carboxylic acids is 1. The van der Waals surface area contributed by atoms with Gasteiger partial charge in [0, 0.05) is 6.42 Å². The van der Waals surface area contributed by atoms with Crippen molar-refractivity contribution >= 4 is 45.1 Å². The van der Waals surface area contributed by atoms with Crippen molar-refractivity contribution in [3.63, 3.8) is 0 Å². The van der Waals surface area contributed by atoms with Gasteiger partial charge in [0.05, 0.1) is 15.8 Å². The molecule has 0 fully saturated rings. The number of fused-ring (bicyclic) bond motifs is 1. The van der Waals surface area contributed by atoms with E-state index in [-0.39, 0.29) is 12.0 Å². The molecule has 0 spiro atoms. The summed E-state index contributed by atoms with van der Waals surface area (Å²) in [6, 6.07) is 14.2. The van der Waals surface area contributed by atoms with Crippen LogP contribution in [0.2, 0.25) is 0 Å². The van der Waals surface area contributed by atoms with E-state index in [0.29, 0.717) is 6.42 Å². The van der Waals surface area contributed by atoms with Gasteiger partial charge >= 0.3 is 11.9 Å². The highest BCUT2D eigenvalue weighted by molar-refractivity contribution is 7.19. The van der Waals surface area contributed by atoms with Gasteiger partial charge in [-0.25, -0.2) is 9.78 Å². The predicted molar refractivity (Wildman–Crippen MR) is 97.8 cm³/mol. The monoisotopic (exact) mass is 353 g/mol. The highest BCUT2D eigenvalue weighted by Gasteiger charge is 2.11. The Kier molecular flexibility index (Phi) is 4.90. The number of hydrogen-bond donors (Lipinski definition) is 2. The molecule has 6 heteroatoms. The van der Waals surface area contributed by atoms with Crippen molar-refractivity contribution in [3.05, 3.63) is 64.7 Å². The molecule has 3 aromatic rings. The van der Waals surface area contributed by atoms with Gasteiger partial charge in [-0.2, -0.15) is 0 Å². The molecule has 0 aliphatic rings. The Morgan fingerprint density at radius 2 is 1.72 bits per heavy atom. The molecule has 3 rings (SSSR count). The lowest BCUT2D eigenvalue weighted by Gasteiger charge is -2.04. The number of allylic oxidation sites excluding steroid dienone is 1. The Labute approximate surface area is 147 Å². The summed E-state index contributed by atoms with van der Waals surface area (Å²) >= 11 is 1.52. The molecule has 2 N–H and O–H groups in total.